The van der Waals surface area contributed by atoms with Gasteiger partial charge >= 0.3 is 6.61 Å². The summed E-state index contributed by atoms with van der Waals surface area (Å²) in [5, 5.41) is 2.73. The summed E-state index contributed by atoms with van der Waals surface area (Å²) in [7, 11) is 0. The molecule has 18 heavy (non-hydrogen) atoms. The van der Waals surface area contributed by atoms with Gasteiger partial charge in [-0.3, -0.25) is 4.79 Å². The predicted octanol–water partition coefficient (Wildman–Crippen LogP) is 3.54. The van der Waals surface area contributed by atoms with Gasteiger partial charge in [0.25, 0.3) is 0 Å². The molecule has 3 nitrogen and oxygen atoms in total. The van der Waals surface area contributed by atoms with Gasteiger partial charge in [0.15, 0.2) is 0 Å². The van der Waals surface area contributed by atoms with Crippen LogP contribution in [-0.4, -0.2) is 12.5 Å². The van der Waals surface area contributed by atoms with E-state index in [0.29, 0.717) is 11.6 Å². The molecular formula is C12H12ClF2NO2. The van der Waals surface area contributed by atoms with Gasteiger partial charge in [-0.1, -0.05) is 18.5 Å². The largest absolute Gasteiger partial charge is 0.433 e. The van der Waals surface area contributed by atoms with Gasteiger partial charge in [-0.25, -0.2) is 0 Å². The minimum Gasteiger partial charge on any atom is -0.433 e. The van der Waals surface area contributed by atoms with E-state index in [1.165, 1.54) is 18.2 Å². The summed E-state index contributed by atoms with van der Waals surface area (Å²) in [6, 6.07) is 4.18. The number of halogens is 3. The van der Waals surface area contributed by atoms with Gasteiger partial charge in [-0.15, -0.1) is 0 Å². The maximum Gasteiger partial charge on any atom is 0.387 e. The van der Waals surface area contributed by atoms with Crippen molar-refractivity contribution in [3.05, 3.63) is 23.2 Å². The lowest BCUT2D eigenvalue weighted by Gasteiger charge is -2.09. The highest BCUT2D eigenvalue weighted by Crippen LogP contribution is 2.38. The second kappa shape index (κ2) is 5.10. The van der Waals surface area contributed by atoms with Crippen LogP contribution in [0.25, 0.3) is 0 Å². The molecule has 98 valence electrons. The van der Waals surface area contributed by atoms with Crippen LogP contribution in [0.3, 0.4) is 0 Å². The van der Waals surface area contributed by atoms with E-state index in [0.717, 1.165) is 6.42 Å². The number of benzene rings is 1. The Morgan fingerprint density at radius 1 is 1.56 bits per heavy atom. The van der Waals surface area contributed by atoms with E-state index < -0.39 is 6.61 Å². The smallest absolute Gasteiger partial charge is 0.387 e. The first-order valence-electron chi connectivity index (χ1n) is 5.52. The lowest BCUT2D eigenvalue weighted by Crippen LogP contribution is -2.14. The van der Waals surface area contributed by atoms with Crippen molar-refractivity contribution in [2.45, 2.75) is 20.0 Å². The summed E-state index contributed by atoms with van der Waals surface area (Å²) in [4.78, 5) is 11.7. The molecule has 1 aliphatic rings. The molecule has 1 aromatic carbocycles. The quantitative estimate of drug-likeness (QED) is 0.913. The number of ether oxygens (including phenoxy) is 1. The lowest BCUT2D eigenvalue weighted by atomic mass is 10.2. The van der Waals surface area contributed by atoms with Gasteiger partial charge in [0.1, 0.15) is 5.75 Å². The van der Waals surface area contributed by atoms with Crippen molar-refractivity contribution in [1.29, 1.82) is 0 Å². The molecule has 0 aromatic heterocycles. The van der Waals surface area contributed by atoms with Crippen molar-refractivity contribution in [2.75, 3.05) is 5.32 Å². The van der Waals surface area contributed by atoms with Crippen LogP contribution in [0.1, 0.15) is 13.3 Å². The van der Waals surface area contributed by atoms with E-state index >= 15 is 0 Å². The fraction of sp³-hybridized carbons (Fsp3) is 0.417. The van der Waals surface area contributed by atoms with Gasteiger partial charge in [0, 0.05) is 11.6 Å². The zero-order valence-corrected chi connectivity index (χ0v) is 10.4. The first-order valence-corrected chi connectivity index (χ1v) is 5.90. The second-order valence-corrected chi connectivity index (χ2v) is 4.74. The van der Waals surface area contributed by atoms with E-state index in [9.17, 15) is 13.6 Å². The maximum absolute atomic E-state index is 12.0. The highest BCUT2D eigenvalue weighted by atomic mass is 35.5. The molecule has 1 aromatic rings. The summed E-state index contributed by atoms with van der Waals surface area (Å²) >= 11 is 5.77. The lowest BCUT2D eigenvalue weighted by molar-refractivity contribution is -0.117. The number of anilines is 1. The molecule has 0 heterocycles. The molecule has 1 saturated carbocycles. The van der Waals surface area contributed by atoms with Crippen molar-refractivity contribution in [2.24, 2.45) is 11.8 Å². The zero-order valence-electron chi connectivity index (χ0n) is 9.62. The van der Waals surface area contributed by atoms with E-state index in [-0.39, 0.29) is 22.6 Å². The normalized spacial score (nSPS) is 21.8. The topological polar surface area (TPSA) is 38.3 Å². The molecule has 2 rings (SSSR count). The molecule has 6 heteroatoms. The van der Waals surface area contributed by atoms with Gasteiger partial charge < -0.3 is 10.1 Å². The standard InChI is InChI=1S/C12H12ClF2NO2/c1-6-4-8(6)11(17)16-7-2-3-10(9(13)5-7)18-12(14)15/h2-3,5-6,8,12H,4H2,1H3,(H,16,17)/t6-,8+/m0/s1. The Morgan fingerprint density at radius 2 is 2.22 bits per heavy atom. The Bertz CT molecular complexity index is 467. The first-order chi connectivity index (χ1) is 8.47. The highest BCUT2D eigenvalue weighted by molar-refractivity contribution is 6.32. The number of carbonyl (C=O) groups excluding carboxylic acids is 1. The van der Waals surface area contributed by atoms with Crippen LogP contribution < -0.4 is 10.1 Å². The summed E-state index contributed by atoms with van der Waals surface area (Å²) in [5.41, 5.74) is 0.478. The number of amides is 1. The van der Waals surface area contributed by atoms with Crippen molar-refractivity contribution >= 4 is 23.2 Å². The maximum atomic E-state index is 12.0. The van der Waals surface area contributed by atoms with Gasteiger partial charge in [0.2, 0.25) is 5.91 Å². The minimum atomic E-state index is -2.92. The molecule has 1 amide bonds. The molecule has 0 spiro atoms. The molecule has 0 unspecified atom stereocenters. The molecule has 1 aliphatic carbocycles. The molecule has 1 N–H and O–H groups in total. The van der Waals surface area contributed by atoms with Crippen molar-refractivity contribution in [1.82, 2.24) is 0 Å². The molecule has 0 bridgehead atoms. The fourth-order valence-electron chi connectivity index (χ4n) is 1.69. The molecular weight excluding hydrogens is 264 g/mol. The van der Waals surface area contributed by atoms with Gasteiger partial charge in [-0.2, -0.15) is 8.78 Å². The van der Waals surface area contributed by atoms with E-state index in [1.807, 2.05) is 6.92 Å². The Morgan fingerprint density at radius 3 is 2.72 bits per heavy atom. The van der Waals surface area contributed by atoms with Gasteiger partial charge in [0.05, 0.1) is 5.02 Å². The third-order valence-corrected chi connectivity index (χ3v) is 3.16. The van der Waals surface area contributed by atoms with E-state index in [4.69, 9.17) is 11.6 Å². The van der Waals surface area contributed by atoms with Crippen molar-refractivity contribution in [3.8, 4) is 5.75 Å². The Balaban J connectivity index is 2.02. The fourth-order valence-corrected chi connectivity index (χ4v) is 1.92. The SMILES string of the molecule is C[C@H]1C[C@H]1C(=O)Nc1ccc(OC(F)F)c(Cl)c1. The van der Waals surface area contributed by atoms with Gasteiger partial charge in [-0.05, 0) is 30.5 Å². The molecule has 0 saturated heterocycles. The highest BCUT2D eigenvalue weighted by Gasteiger charge is 2.39. The van der Waals surface area contributed by atoms with Crippen LogP contribution >= 0.6 is 11.6 Å². The van der Waals surface area contributed by atoms with Crippen molar-refractivity contribution < 1.29 is 18.3 Å². The number of nitrogens with one attached hydrogen (secondary N) is 1. The number of alkyl halides is 2. The van der Waals surface area contributed by atoms with Crippen LogP contribution in [0, 0.1) is 11.8 Å². The zero-order chi connectivity index (χ0) is 13.3. The Hall–Kier alpha value is -1.36. The third kappa shape index (κ3) is 3.10. The number of hydrogen-bond acceptors (Lipinski definition) is 2. The monoisotopic (exact) mass is 275 g/mol. The Kier molecular flexibility index (Phi) is 3.71. The molecule has 2 atom stereocenters. The number of rotatable bonds is 4. The first kappa shape index (κ1) is 13.1. The average molecular weight is 276 g/mol. The van der Waals surface area contributed by atoms with Crippen LogP contribution in [-0.2, 0) is 4.79 Å². The van der Waals surface area contributed by atoms with Crippen LogP contribution in [0.15, 0.2) is 18.2 Å². The predicted molar refractivity (Wildman–Crippen MR) is 64.0 cm³/mol. The summed E-state index contributed by atoms with van der Waals surface area (Å²) in [5.74, 6) is 0.272. The van der Waals surface area contributed by atoms with E-state index in [1.54, 1.807) is 0 Å². The second-order valence-electron chi connectivity index (χ2n) is 4.33. The molecule has 0 radical (unpaired) electrons. The summed E-state index contributed by atoms with van der Waals surface area (Å²) in [6.07, 6.45) is 0.881. The van der Waals surface area contributed by atoms with Crippen LogP contribution in [0.5, 0.6) is 5.75 Å². The van der Waals surface area contributed by atoms with E-state index in [2.05, 4.69) is 10.1 Å². The van der Waals surface area contributed by atoms with Crippen LogP contribution in [0.4, 0.5) is 14.5 Å². The third-order valence-electron chi connectivity index (χ3n) is 2.86. The summed E-state index contributed by atoms with van der Waals surface area (Å²) < 4.78 is 28.2. The summed E-state index contributed by atoms with van der Waals surface area (Å²) in [6.45, 7) is -0.924. The average Bonchev–Trinajstić information content (AvgIpc) is 2.99. The van der Waals surface area contributed by atoms with Crippen molar-refractivity contribution in [3.63, 3.8) is 0 Å². The molecule has 1 fully saturated rings. The van der Waals surface area contributed by atoms with Crippen LogP contribution in [0.2, 0.25) is 5.02 Å². The molecule has 0 aliphatic heterocycles. The minimum absolute atomic E-state index is 0.0388. The number of carbonyl (C=O) groups is 1. The Labute approximate surface area is 108 Å². The number of hydrogen-bond donors (Lipinski definition) is 1.